The van der Waals surface area contributed by atoms with Crippen LogP contribution in [0.4, 0.5) is 4.79 Å². The van der Waals surface area contributed by atoms with Gasteiger partial charge in [-0.25, -0.2) is 9.48 Å². The second-order valence-electron chi connectivity index (χ2n) is 6.51. The smallest absolute Gasteiger partial charge is 0.314 e. The van der Waals surface area contributed by atoms with Crippen molar-refractivity contribution in [2.24, 2.45) is 0 Å². The van der Waals surface area contributed by atoms with Gasteiger partial charge in [-0.2, -0.15) is 5.10 Å². The molecule has 0 radical (unpaired) electrons. The number of carbonyl (C=O) groups is 1. The lowest BCUT2D eigenvalue weighted by atomic mass is 10.2. The van der Waals surface area contributed by atoms with Crippen molar-refractivity contribution in [1.29, 1.82) is 0 Å². The van der Waals surface area contributed by atoms with Crippen molar-refractivity contribution in [3.8, 4) is 5.69 Å². The molecule has 2 amide bonds. The maximum atomic E-state index is 12.1. The van der Waals surface area contributed by atoms with Gasteiger partial charge in [0, 0.05) is 24.2 Å². The molecule has 0 aliphatic heterocycles. The van der Waals surface area contributed by atoms with Crippen LogP contribution < -0.4 is 10.6 Å². The Labute approximate surface area is 163 Å². The van der Waals surface area contributed by atoms with Crippen molar-refractivity contribution in [2.75, 3.05) is 27.2 Å². The van der Waals surface area contributed by atoms with Gasteiger partial charge in [0.05, 0.1) is 17.9 Å². The van der Waals surface area contributed by atoms with Gasteiger partial charge in [-0.3, -0.25) is 0 Å². The largest absolute Gasteiger partial charge is 0.338 e. The molecule has 2 heterocycles. The van der Waals surface area contributed by atoms with Gasteiger partial charge < -0.3 is 15.5 Å². The number of nitrogens with zero attached hydrogens (tertiary/aromatic N) is 3. The highest BCUT2D eigenvalue weighted by molar-refractivity contribution is 7.10. The van der Waals surface area contributed by atoms with E-state index in [1.54, 1.807) is 11.3 Å². The van der Waals surface area contributed by atoms with E-state index in [0.29, 0.717) is 13.1 Å². The van der Waals surface area contributed by atoms with Crippen LogP contribution in [0.1, 0.15) is 16.5 Å². The number of para-hydroxylation sites is 1. The number of aromatic nitrogens is 2. The molecule has 0 spiro atoms. The van der Waals surface area contributed by atoms with Crippen molar-refractivity contribution in [3.05, 3.63) is 70.7 Å². The summed E-state index contributed by atoms with van der Waals surface area (Å²) in [5, 5.41) is 12.3. The third kappa shape index (κ3) is 5.42. The lowest BCUT2D eigenvalue weighted by Crippen LogP contribution is -2.41. The second kappa shape index (κ2) is 9.34. The zero-order chi connectivity index (χ0) is 19.1. The van der Waals surface area contributed by atoms with Gasteiger partial charge in [0.1, 0.15) is 0 Å². The summed E-state index contributed by atoms with van der Waals surface area (Å²) in [6, 6.07) is 14.1. The molecule has 1 aromatic carbocycles. The number of amides is 2. The Bertz CT molecular complexity index is 829. The molecule has 1 atom stereocenters. The number of carbonyl (C=O) groups excluding carboxylic acids is 1. The van der Waals surface area contributed by atoms with E-state index in [1.165, 1.54) is 4.88 Å². The van der Waals surface area contributed by atoms with E-state index in [9.17, 15) is 4.79 Å². The third-order valence-corrected chi connectivity index (χ3v) is 5.28. The minimum Gasteiger partial charge on any atom is -0.338 e. The highest BCUT2D eigenvalue weighted by Gasteiger charge is 2.16. The van der Waals surface area contributed by atoms with Crippen LogP contribution in [0.5, 0.6) is 0 Å². The van der Waals surface area contributed by atoms with Crippen LogP contribution in [-0.2, 0) is 6.42 Å². The van der Waals surface area contributed by atoms with E-state index in [0.717, 1.165) is 17.7 Å². The maximum Gasteiger partial charge on any atom is 0.314 e. The molecule has 27 heavy (non-hydrogen) atoms. The Hall–Kier alpha value is -2.64. The first-order chi connectivity index (χ1) is 13.1. The summed E-state index contributed by atoms with van der Waals surface area (Å²) in [6.07, 6.45) is 4.57. The summed E-state index contributed by atoms with van der Waals surface area (Å²) in [4.78, 5) is 15.5. The highest BCUT2D eigenvalue weighted by Crippen LogP contribution is 2.22. The standard InChI is InChI=1S/C20H25N5OS/c1-24(2)18(19-9-6-12-27-19)14-22-20(26)21-11-10-16-13-23-25(15-16)17-7-4-3-5-8-17/h3-9,12-13,15,18H,10-11,14H2,1-2H3,(H2,21,22,26). The van der Waals surface area contributed by atoms with Gasteiger partial charge in [0.2, 0.25) is 0 Å². The van der Waals surface area contributed by atoms with Crippen molar-refractivity contribution >= 4 is 17.4 Å². The van der Waals surface area contributed by atoms with E-state index in [-0.39, 0.29) is 12.1 Å². The zero-order valence-corrected chi connectivity index (χ0v) is 16.4. The summed E-state index contributed by atoms with van der Waals surface area (Å²) >= 11 is 1.70. The van der Waals surface area contributed by atoms with Crippen LogP contribution >= 0.6 is 11.3 Å². The molecule has 0 aliphatic carbocycles. The number of likely N-dealkylation sites (N-methyl/N-ethyl adjacent to an activating group) is 1. The van der Waals surface area contributed by atoms with Gasteiger partial charge in [-0.1, -0.05) is 24.3 Å². The van der Waals surface area contributed by atoms with Crippen LogP contribution in [0.25, 0.3) is 5.69 Å². The van der Waals surface area contributed by atoms with E-state index < -0.39 is 0 Å². The molecule has 7 heteroatoms. The molecule has 142 valence electrons. The Balaban J connectivity index is 1.43. The molecule has 0 aliphatic rings. The Kier molecular flexibility index (Phi) is 6.62. The molecule has 0 saturated carbocycles. The van der Waals surface area contributed by atoms with E-state index in [2.05, 4.69) is 32.1 Å². The zero-order valence-electron chi connectivity index (χ0n) is 15.6. The normalized spacial score (nSPS) is 12.1. The van der Waals surface area contributed by atoms with E-state index in [1.807, 2.05) is 67.6 Å². The fourth-order valence-corrected chi connectivity index (χ4v) is 3.72. The van der Waals surface area contributed by atoms with E-state index >= 15 is 0 Å². The molecule has 3 rings (SSSR count). The van der Waals surface area contributed by atoms with Gasteiger partial charge in [0.15, 0.2) is 0 Å². The minimum atomic E-state index is -0.145. The Morgan fingerprint density at radius 3 is 2.70 bits per heavy atom. The van der Waals surface area contributed by atoms with Gasteiger partial charge in [-0.05, 0) is 49.7 Å². The number of urea groups is 1. The second-order valence-corrected chi connectivity index (χ2v) is 7.49. The van der Waals surface area contributed by atoms with Crippen molar-refractivity contribution in [1.82, 2.24) is 25.3 Å². The number of nitrogens with one attached hydrogen (secondary N) is 2. The van der Waals surface area contributed by atoms with Crippen molar-refractivity contribution in [2.45, 2.75) is 12.5 Å². The number of hydrogen-bond donors (Lipinski definition) is 2. The molecule has 3 aromatic rings. The molecule has 6 nitrogen and oxygen atoms in total. The minimum absolute atomic E-state index is 0.145. The molecule has 1 unspecified atom stereocenters. The lowest BCUT2D eigenvalue weighted by Gasteiger charge is -2.23. The van der Waals surface area contributed by atoms with Crippen LogP contribution in [0.15, 0.2) is 60.2 Å². The van der Waals surface area contributed by atoms with Crippen LogP contribution in [0, 0.1) is 0 Å². The average Bonchev–Trinajstić information content (AvgIpc) is 3.35. The molecular weight excluding hydrogens is 358 g/mol. The van der Waals surface area contributed by atoms with Gasteiger partial charge >= 0.3 is 6.03 Å². The van der Waals surface area contributed by atoms with Gasteiger partial charge in [0.25, 0.3) is 0 Å². The number of hydrogen-bond acceptors (Lipinski definition) is 4. The number of benzene rings is 1. The molecule has 0 fully saturated rings. The Morgan fingerprint density at radius 2 is 2.00 bits per heavy atom. The van der Waals surface area contributed by atoms with Crippen LogP contribution in [0.3, 0.4) is 0 Å². The first kappa shape index (κ1) is 19.1. The molecular formula is C20H25N5OS. The Morgan fingerprint density at radius 1 is 1.19 bits per heavy atom. The molecule has 2 N–H and O–H groups in total. The van der Waals surface area contributed by atoms with E-state index in [4.69, 9.17) is 0 Å². The number of rotatable bonds is 8. The first-order valence-electron chi connectivity index (χ1n) is 8.94. The topological polar surface area (TPSA) is 62.2 Å². The summed E-state index contributed by atoms with van der Waals surface area (Å²) in [7, 11) is 4.04. The summed E-state index contributed by atoms with van der Waals surface area (Å²) in [5.41, 5.74) is 2.11. The van der Waals surface area contributed by atoms with Crippen molar-refractivity contribution in [3.63, 3.8) is 0 Å². The van der Waals surface area contributed by atoms with Gasteiger partial charge in [-0.15, -0.1) is 11.3 Å². The fraction of sp³-hybridized carbons (Fsp3) is 0.300. The maximum absolute atomic E-state index is 12.1. The molecule has 0 bridgehead atoms. The SMILES string of the molecule is CN(C)C(CNC(=O)NCCc1cnn(-c2ccccc2)c1)c1cccs1. The molecule has 0 saturated heterocycles. The average molecular weight is 384 g/mol. The molecule has 2 aromatic heterocycles. The quantitative estimate of drug-likeness (QED) is 0.628. The fourth-order valence-electron chi connectivity index (χ4n) is 2.80. The monoisotopic (exact) mass is 383 g/mol. The van der Waals surface area contributed by atoms with Crippen LogP contribution in [0.2, 0.25) is 0 Å². The highest BCUT2D eigenvalue weighted by atomic mass is 32.1. The third-order valence-electron chi connectivity index (χ3n) is 4.31. The predicted octanol–water partition coefficient (Wildman–Crippen LogP) is 3.08. The first-order valence-corrected chi connectivity index (χ1v) is 9.82. The summed E-state index contributed by atoms with van der Waals surface area (Å²) in [6.45, 7) is 1.14. The summed E-state index contributed by atoms with van der Waals surface area (Å²) in [5.74, 6) is 0. The van der Waals surface area contributed by atoms with Crippen molar-refractivity contribution < 1.29 is 4.79 Å². The number of thiophene rings is 1. The summed E-state index contributed by atoms with van der Waals surface area (Å²) < 4.78 is 1.85. The van der Waals surface area contributed by atoms with Crippen LogP contribution in [-0.4, -0.2) is 47.9 Å². The lowest BCUT2D eigenvalue weighted by molar-refractivity contribution is 0.233. The predicted molar refractivity (Wildman–Crippen MR) is 109 cm³/mol.